The highest BCUT2D eigenvalue weighted by molar-refractivity contribution is 5.72. The Bertz CT molecular complexity index is 1330. The van der Waals surface area contributed by atoms with Crippen molar-refractivity contribution in [3.8, 4) is 0 Å². The molecule has 6 unspecified atom stereocenters. The highest BCUT2D eigenvalue weighted by atomic mass is 14.8. The highest BCUT2D eigenvalue weighted by Crippen LogP contribution is 2.44. The van der Waals surface area contributed by atoms with E-state index in [0.717, 1.165) is 25.7 Å². The van der Waals surface area contributed by atoms with E-state index in [9.17, 15) is 0 Å². The van der Waals surface area contributed by atoms with Crippen molar-refractivity contribution in [2.75, 3.05) is 0 Å². The summed E-state index contributed by atoms with van der Waals surface area (Å²) in [6.45, 7) is 18.5. The van der Waals surface area contributed by atoms with Gasteiger partial charge in [0.2, 0.25) is 0 Å². The van der Waals surface area contributed by atoms with Crippen molar-refractivity contribution in [3.63, 3.8) is 0 Å². The molecule has 192 valence electrons. The fraction of sp³-hybridized carbons (Fsp3) is 0.562. The number of aromatic amines is 2. The average molecular weight is 485 g/mol. The van der Waals surface area contributed by atoms with Gasteiger partial charge in [-0.25, -0.2) is 0 Å². The van der Waals surface area contributed by atoms with Crippen molar-refractivity contribution in [1.82, 2.24) is 19.9 Å². The van der Waals surface area contributed by atoms with E-state index >= 15 is 0 Å². The summed E-state index contributed by atoms with van der Waals surface area (Å²) in [6, 6.07) is 9.40. The molecule has 0 fully saturated rings. The van der Waals surface area contributed by atoms with E-state index < -0.39 is 0 Å². The molecule has 5 heterocycles. The fourth-order valence-corrected chi connectivity index (χ4v) is 7.08. The smallest absolute Gasteiger partial charge is 0.0465 e. The maximum absolute atomic E-state index is 5.25. The lowest BCUT2D eigenvalue weighted by molar-refractivity contribution is 0.570. The molecule has 2 aromatic rings. The number of fused-ring (bicyclic) bond motifs is 8. The summed E-state index contributed by atoms with van der Waals surface area (Å²) in [5.41, 5.74) is 12.7. The van der Waals surface area contributed by atoms with Crippen LogP contribution in [0, 0.1) is 6.92 Å². The van der Waals surface area contributed by atoms with Gasteiger partial charge < -0.3 is 9.97 Å². The molecule has 2 N–H and O–H groups in total. The number of aromatic nitrogens is 4. The van der Waals surface area contributed by atoms with Gasteiger partial charge in [0.05, 0.1) is 0 Å². The van der Waals surface area contributed by atoms with Crippen LogP contribution in [-0.2, 0) is 6.42 Å². The van der Waals surface area contributed by atoms with Gasteiger partial charge in [-0.15, -0.1) is 0 Å². The second kappa shape index (κ2) is 9.68. The Morgan fingerprint density at radius 1 is 0.611 bits per heavy atom. The Labute approximate surface area is 217 Å². The van der Waals surface area contributed by atoms with Crippen molar-refractivity contribution in [3.05, 3.63) is 69.6 Å². The SMILES string of the molecule is CCc1c(C)c2cc3nc(cc4[nH]c(cc5nc(cc1[nH]2)C(C)C5CC)C(C)C4CC)C(C)C3CC. The van der Waals surface area contributed by atoms with Crippen molar-refractivity contribution < 1.29 is 0 Å². The molecule has 5 rings (SSSR count). The molecule has 36 heavy (non-hydrogen) atoms. The number of aryl methyl sites for hydroxylation is 2. The first-order valence-corrected chi connectivity index (χ1v) is 14.3. The predicted octanol–water partition coefficient (Wildman–Crippen LogP) is 8.80. The normalized spacial score (nSPS) is 26.8. The van der Waals surface area contributed by atoms with Gasteiger partial charge in [-0.05, 0) is 68.0 Å². The first kappa shape index (κ1) is 25.0. The van der Waals surface area contributed by atoms with Crippen LogP contribution in [0.4, 0.5) is 0 Å². The van der Waals surface area contributed by atoms with Crippen LogP contribution in [0.3, 0.4) is 0 Å². The van der Waals surface area contributed by atoms with Gasteiger partial charge in [0.15, 0.2) is 0 Å². The van der Waals surface area contributed by atoms with Crippen LogP contribution in [0.1, 0.15) is 149 Å². The maximum atomic E-state index is 5.25. The second-order valence-corrected chi connectivity index (χ2v) is 11.4. The Hall–Kier alpha value is -2.62. The zero-order valence-corrected chi connectivity index (χ0v) is 23.5. The Kier molecular flexibility index (Phi) is 6.74. The summed E-state index contributed by atoms with van der Waals surface area (Å²) in [6.07, 6.45) is 4.32. The number of rotatable bonds is 4. The average Bonchev–Trinajstić information content (AvgIpc) is 3.51. The summed E-state index contributed by atoms with van der Waals surface area (Å²) >= 11 is 0. The predicted molar refractivity (Wildman–Crippen MR) is 151 cm³/mol. The quantitative estimate of drug-likeness (QED) is 0.455. The van der Waals surface area contributed by atoms with E-state index in [0.29, 0.717) is 35.5 Å². The second-order valence-electron chi connectivity index (χ2n) is 11.4. The standard InChI is InChI=1S/C32H44N4/c1-9-21-17(5)25-14-30-23(11-3)19(7)27(35-30)16-32-24(12-4)20(8)28(36-32)15-31-22(10-2)18(6)26(34-31)13-29(21)33-25/h13-19,21-23,33,36H,9-12H2,1-8H3. The molecule has 3 aliphatic rings. The largest absolute Gasteiger partial charge is 0.362 e. The molecule has 4 nitrogen and oxygen atoms in total. The third kappa shape index (κ3) is 3.97. The maximum Gasteiger partial charge on any atom is 0.0465 e. The molecule has 0 spiro atoms. The zero-order chi connectivity index (χ0) is 25.7. The van der Waals surface area contributed by atoms with Gasteiger partial charge in [0, 0.05) is 80.7 Å². The molecule has 0 saturated carbocycles. The summed E-state index contributed by atoms with van der Waals surface area (Å²) in [4.78, 5) is 18.1. The van der Waals surface area contributed by atoms with Crippen LogP contribution >= 0.6 is 0 Å². The number of nitrogens with zero attached hydrogens (tertiary/aromatic N) is 2. The highest BCUT2D eigenvalue weighted by Gasteiger charge is 2.32. The lowest BCUT2D eigenvalue weighted by Gasteiger charge is -2.16. The van der Waals surface area contributed by atoms with Crippen LogP contribution < -0.4 is 0 Å². The minimum Gasteiger partial charge on any atom is -0.362 e. The molecule has 0 aliphatic carbocycles. The Balaban J connectivity index is 1.89. The van der Waals surface area contributed by atoms with Crippen molar-refractivity contribution in [2.24, 2.45) is 0 Å². The van der Waals surface area contributed by atoms with Crippen molar-refractivity contribution in [2.45, 2.75) is 117 Å². The van der Waals surface area contributed by atoms with E-state index in [1.807, 2.05) is 0 Å². The molecule has 0 aromatic carbocycles. The lowest BCUT2D eigenvalue weighted by Crippen LogP contribution is -2.03. The molecule has 3 aliphatic heterocycles. The van der Waals surface area contributed by atoms with Crippen LogP contribution in [-0.4, -0.2) is 19.9 Å². The van der Waals surface area contributed by atoms with Crippen LogP contribution in [0.25, 0.3) is 11.0 Å². The van der Waals surface area contributed by atoms with E-state index in [4.69, 9.17) is 9.97 Å². The zero-order valence-electron chi connectivity index (χ0n) is 23.5. The van der Waals surface area contributed by atoms with Crippen molar-refractivity contribution >= 4 is 11.0 Å². The van der Waals surface area contributed by atoms with E-state index in [2.05, 4.69) is 89.6 Å². The third-order valence-electron chi connectivity index (χ3n) is 9.51. The number of nitrogens with one attached hydrogen (secondary N) is 2. The van der Waals surface area contributed by atoms with Gasteiger partial charge in [0.25, 0.3) is 0 Å². The minimum absolute atomic E-state index is 0.410. The van der Waals surface area contributed by atoms with E-state index in [1.54, 1.807) is 0 Å². The summed E-state index contributed by atoms with van der Waals surface area (Å²) in [5, 5.41) is 0. The lowest BCUT2D eigenvalue weighted by atomic mass is 9.86. The Morgan fingerprint density at radius 2 is 1.14 bits per heavy atom. The third-order valence-corrected chi connectivity index (χ3v) is 9.51. The first-order valence-electron chi connectivity index (χ1n) is 14.3. The number of hydrogen-bond donors (Lipinski definition) is 2. The van der Waals surface area contributed by atoms with Gasteiger partial charge in [-0.1, -0.05) is 48.5 Å². The molecule has 4 heteroatoms. The summed E-state index contributed by atoms with van der Waals surface area (Å²) in [5.74, 6) is 2.67. The molecule has 8 bridgehead atoms. The summed E-state index contributed by atoms with van der Waals surface area (Å²) in [7, 11) is 0. The molecule has 0 radical (unpaired) electrons. The molecule has 6 atom stereocenters. The molecular formula is C32H44N4. The monoisotopic (exact) mass is 484 g/mol. The first-order chi connectivity index (χ1) is 17.3. The van der Waals surface area contributed by atoms with Crippen LogP contribution in [0.15, 0.2) is 24.3 Å². The minimum atomic E-state index is 0.410. The number of hydrogen-bond acceptors (Lipinski definition) is 2. The van der Waals surface area contributed by atoms with E-state index in [1.165, 1.54) is 56.3 Å². The molecular weight excluding hydrogens is 440 g/mol. The topological polar surface area (TPSA) is 57.4 Å². The van der Waals surface area contributed by atoms with E-state index in [-0.39, 0.29) is 0 Å². The fourth-order valence-electron chi connectivity index (χ4n) is 7.08. The Morgan fingerprint density at radius 3 is 1.72 bits per heavy atom. The summed E-state index contributed by atoms with van der Waals surface area (Å²) < 4.78 is 0. The van der Waals surface area contributed by atoms with Crippen molar-refractivity contribution in [1.29, 1.82) is 0 Å². The van der Waals surface area contributed by atoms with Crippen LogP contribution in [0.5, 0.6) is 0 Å². The van der Waals surface area contributed by atoms with Gasteiger partial charge in [-0.3, -0.25) is 9.97 Å². The van der Waals surface area contributed by atoms with Gasteiger partial charge >= 0.3 is 0 Å². The van der Waals surface area contributed by atoms with Gasteiger partial charge in [-0.2, -0.15) is 0 Å². The molecule has 0 amide bonds. The molecule has 2 aromatic heterocycles. The number of H-pyrrole nitrogens is 2. The van der Waals surface area contributed by atoms with Crippen LogP contribution in [0.2, 0.25) is 0 Å². The molecule has 0 saturated heterocycles. The van der Waals surface area contributed by atoms with Gasteiger partial charge in [0.1, 0.15) is 0 Å².